The summed E-state index contributed by atoms with van der Waals surface area (Å²) in [5, 5.41) is 8.69. The van der Waals surface area contributed by atoms with Crippen LogP contribution in [0.2, 0.25) is 0 Å². The highest BCUT2D eigenvalue weighted by Gasteiger charge is 1.99. The Bertz CT molecular complexity index is 402. The Labute approximate surface area is 109 Å². The number of hydrogen-bond acceptors (Lipinski definition) is 1. The molecule has 0 spiro atoms. The zero-order valence-corrected chi connectivity index (χ0v) is 11.3. The number of allylic oxidation sites excluding steroid dienone is 1. The van der Waals surface area contributed by atoms with E-state index in [0.717, 1.165) is 17.6 Å². The van der Waals surface area contributed by atoms with Crippen molar-refractivity contribution in [2.24, 2.45) is 0 Å². The molecule has 1 rings (SSSR count). The van der Waals surface area contributed by atoms with Gasteiger partial charge in [-0.3, -0.25) is 0 Å². The predicted octanol–water partition coefficient (Wildman–Crippen LogP) is 4.30. The summed E-state index contributed by atoms with van der Waals surface area (Å²) in [5.74, 6) is -0.892. The molecule has 0 fully saturated rings. The van der Waals surface area contributed by atoms with E-state index in [0.29, 0.717) is 0 Å². The van der Waals surface area contributed by atoms with E-state index in [1.54, 1.807) is 0 Å². The van der Waals surface area contributed by atoms with Gasteiger partial charge < -0.3 is 5.11 Å². The molecule has 18 heavy (non-hydrogen) atoms. The monoisotopic (exact) mass is 246 g/mol. The van der Waals surface area contributed by atoms with Crippen molar-refractivity contribution in [2.45, 2.75) is 46.0 Å². The molecule has 0 heterocycles. The molecule has 0 aliphatic heterocycles. The topological polar surface area (TPSA) is 37.3 Å². The maximum atomic E-state index is 10.6. The second-order valence-electron chi connectivity index (χ2n) is 4.67. The molecule has 1 N–H and O–H groups in total. The molecule has 98 valence electrons. The van der Waals surface area contributed by atoms with Gasteiger partial charge in [0.2, 0.25) is 0 Å². The molecular formula is C16H22O2. The van der Waals surface area contributed by atoms with Gasteiger partial charge in [0, 0.05) is 6.08 Å². The van der Waals surface area contributed by atoms with E-state index in [4.69, 9.17) is 5.11 Å². The molecule has 0 saturated heterocycles. The van der Waals surface area contributed by atoms with Crippen LogP contribution in [-0.4, -0.2) is 11.1 Å². The van der Waals surface area contributed by atoms with Gasteiger partial charge in [-0.05, 0) is 36.5 Å². The summed E-state index contributed by atoms with van der Waals surface area (Å²) in [4.78, 5) is 10.6. The average Bonchev–Trinajstić information content (AvgIpc) is 2.34. The maximum Gasteiger partial charge on any atom is 0.328 e. The number of unbranched alkanes of at least 4 members (excludes halogenated alkanes) is 3. The van der Waals surface area contributed by atoms with Gasteiger partial charge in [-0.2, -0.15) is 0 Å². The van der Waals surface area contributed by atoms with Crippen molar-refractivity contribution in [2.75, 3.05) is 0 Å². The first-order valence-electron chi connectivity index (χ1n) is 6.64. The van der Waals surface area contributed by atoms with E-state index in [1.165, 1.54) is 37.3 Å². The number of hydrogen-bond donors (Lipinski definition) is 1. The summed E-state index contributed by atoms with van der Waals surface area (Å²) < 4.78 is 0. The van der Waals surface area contributed by atoms with Crippen LogP contribution in [0.1, 0.15) is 50.7 Å². The van der Waals surface area contributed by atoms with Crippen LogP contribution in [0.4, 0.5) is 0 Å². The Morgan fingerprint density at radius 1 is 1.17 bits per heavy atom. The number of benzene rings is 1. The quantitative estimate of drug-likeness (QED) is 0.575. The highest BCUT2D eigenvalue weighted by atomic mass is 16.4. The molecular weight excluding hydrogens is 224 g/mol. The van der Waals surface area contributed by atoms with E-state index >= 15 is 0 Å². The Hall–Kier alpha value is -1.57. The lowest BCUT2D eigenvalue weighted by molar-refractivity contribution is -0.131. The van der Waals surface area contributed by atoms with Crippen molar-refractivity contribution in [3.63, 3.8) is 0 Å². The van der Waals surface area contributed by atoms with Gasteiger partial charge in [0.05, 0.1) is 0 Å². The van der Waals surface area contributed by atoms with Crippen LogP contribution < -0.4 is 0 Å². The minimum absolute atomic E-state index is 0.792. The Balaban J connectivity index is 2.54. The summed E-state index contributed by atoms with van der Waals surface area (Å²) in [6.07, 6.45) is 7.45. The van der Waals surface area contributed by atoms with Crippen LogP contribution in [0, 0.1) is 0 Å². The lowest BCUT2D eigenvalue weighted by Crippen LogP contribution is -1.91. The third-order valence-corrected chi connectivity index (χ3v) is 3.07. The van der Waals surface area contributed by atoms with Gasteiger partial charge in [0.25, 0.3) is 0 Å². The van der Waals surface area contributed by atoms with Crippen molar-refractivity contribution in [3.8, 4) is 0 Å². The molecule has 0 atom stereocenters. The van der Waals surface area contributed by atoms with E-state index in [2.05, 4.69) is 19.1 Å². The molecule has 0 unspecified atom stereocenters. The summed E-state index contributed by atoms with van der Waals surface area (Å²) in [6, 6.07) is 8.20. The highest BCUT2D eigenvalue weighted by molar-refractivity contribution is 5.89. The van der Waals surface area contributed by atoms with Crippen molar-refractivity contribution in [3.05, 3.63) is 41.5 Å². The number of aryl methyl sites for hydroxylation is 1. The van der Waals surface area contributed by atoms with Gasteiger partial charge in [0.15, 0.2) is 0 Å². The smallest absolute Gasteiger partial charge is 0.328 e. The molecule has 0 radical (unpaired) electrons. The summed E-state index contributed by atoms with van der Waals surface area (Å²) >= 11 is 0. The first-order valence-corrected chi connectivity index (χ1v) is 6.64. The van der Waals surface area contributed by atoms with Crippen molar-refractivity contribution >= 4 is 11.5 Å². The van der Waals surface area contributed by atoms with Crippen LogP contribution in [0.3, 0.4) is 0 Å². The van der Waals surface area contributed by atoms with Crippen molar-refractivity contribution in [1.82, 2.24) is 0 Å². The largest absolute Gasteiger partial charge is 0.478 e. The summed E-state index contributed by atoms with van der Waals surface area (Å²) in [7, 11) is 0. The van der Waals surface area contributed by atoms with Crippen molar-refractivity contribution in [1.29, 1.82) is 0 Å². The van der Waals surface area contributed by atoms with E-state index in [9.17, 15) is 4.79 Å². The third-order valence-electron chi connectivity index (χ3n) is 3.07. The van der Waals surface area contributed by atoms with E-state index in [-0.39, 0.29) is 0 Å². The fourth-order valence-corrected chi connectivity index (χ4v) is 1.96. The highest BCUT2D eigenvalue weighted by Crippen LogP contribution is 2.16. The SMILES string of the molecule is CCCCCCc1ccc(/C(C)=C/C(=O)O)cc1. The zero-order valence-electron chi connectivity index (χ0n) is 11.3. The Kier molecular flexibility index (Phi) is 6.20. The molecule has 0 amide bonds. The molecule has 0 aliphatic rings. The molecule has 2 nitrogen and oxygen atoms in total. The molecule has 0 bridgehead atoms. The van der Waals surface area contributed by atoms with Gasteiger partial charge in [-0.1, -0.05) is 50.5 Å². The number of carboxylic acids is 1. The number of carboxylic acid groups (broad SMARTS) is 1. The molecule has 1 aromatic rings. The van der Waals surface area contributed by atoms with Crippen LogP contribution in [0.5, 0.6) is 0 Å². The normalized spacial score (nSPS) is 11.6. The third kappa shape index (κ3) is 5.17. The molecule has 2 heteroatoms. The van der Waals surface area contributed by atoms with E-state index < -0.39 is 5.97 Å². The van der Waals surface area contributed by atoms with Gasteiger partial charge in [0.1, 0.15) is 0 Å². The number of carbonyl (C=O) groups is 1. The van der Waals surface area contributed by atoms with Crippen LogP contribution in [0.25, 0.3) is 5.57 Å². The van der Waals surface area contributed by atoms with Gasteiger partial charge in [-0.15, -0.1) is 0 Å². The minimum atomic E-state index is -0.892. The molecule has 0 saturated carbocycles. The fourth-order valence-electron chi connectivity index (χ4n) is 1.96. The number of rotatable bonds is 7. The first kappa shape index (κ1) is 14.5. The minimum Gasteiger partial charge on any atom is -0.478 e. The molecule has 0 aromatic heterocycles. The van der Waals surface area contributed by atoms with Gasteiger partial charge >= 0.3 is 5.97 Å². The summed E-state index contributed by atoms with van der Waals surface area (Å²) in [6.45, 7) is 4.04. The fraction of sp³-hybridized carbons (Fsp3) is 0.438. The number of aliphatic carboxylic acids is 1. The zero-order chi connectivity index (χ0) is 13.4. The molecule has 0 aliphatic carbocycles. The van der Waals surface area contributed by atoms with Crippen LogP contribution in [0.15, 0.2) is 30.3 Å². The average molecular weight is 246 g/mol. The Morgan fingerprint density at radius 3 is 2.39 bits per heavy atom. The molecule has 1 aromatic carbocycles. The maximum absolute atomic E-state index is 10.6. The second-order valence-corrected chi connectivity index (χ2v) is 4.67. The predicted molar refractivity (Wildman–Crippen MR) is 75.6 cm³/mol. The second kappa shape index (κ2) is 7.70. The van der Waals surface area contributed by atoms with Crippen LogP contribution in [-0.2, 0) is 11.2 Å². The first-order chi connectivity index (χ1) is 8.63. The lowest BCUT2D eigenvalue weighted by atomic mass is 10.0. The van der Waals surface area contributed by atoms with E-state index in [1.807, 2.05) is 19.1 Å². The van der Waals surface area contributed by atoms with Crippen LogP contribution >= 0.6 is 0 Å². The van der Waals surface area contributed by atoms with Gasteiger partial charge in [-0.25, -0.2) is 4.79 Å². The Morgan fingerprint density at radius 2 is 1.83 bits per heavy atom. The summed E-state index contributed by atoms with van der Waals surface area (Å²) in [5.41, 5.74) is 3.10. The lowest BCUT2D eigenvalue weighted by Gasteiger charge is -2.04. The van der Waals surface area contributed by atoms with Crippen molar-refractivity contribution < 1.29 is 9.90 Å². The standard InChI is InChI=1S/C16H22O2/c1-3-4-5-6-7-14-8-10-15(11-9-14)13(2)12-16(17)18/h8-12H,3-7H2,1-2H3,(H,17,18)/b13-12+.